The number of nitrogens with zero attached hydrogens (tertiary/aromatic N) is 2. The first-order chi connectivity index (χ1) is 8.51. The lowest BCUT2D eigenvalue weighted by Gasteiger charge is -2.11. The van der Waals surface area contributed by atoms with Gasteiger partial charge < -0.3 is 0 Å². The number of thioether (sulfide) groups is 2. The van der Waals surface area contributed by atoms with Crippen molar-refractivity contribution in [1.29, 1.82) is 10.5 Å². The van der Waals surface area contributed by atoms with Crippen LogP contribution in [0.25, 0.3) is 0 Å². The number of benzene rings is 1. The van der Waals surface area contributed by atoms with E-state index in [0.29, 0.717) is 0 Å². The van der Waals surface area contributed by atoms with E-state index in [0.717, 1.165) is 4.24 Å². The van der Waals surface area contributed by atoms with Crippen molar-refractivity contribution in [3.8, 4) is 12.1 Å². The van der Waals surface area contributed by atoms with E-state index in [1.807, 2.05) is 12.1 Å². The van der Waals surface area contributed by atoms with Crippen molar-refractivity contribution in [3.63, 3.8) is 0 Å². The molecule has 18 heavy (non-hydrogen) atoms. The van der Waals surface area contributed by atoms with Gasteiger partial charge in [-0.25, -0.2) is 0 Å². The average Bonchev–Trinajstić information content (AvgIpc) is 2.80. The van der Waals surface area contributed by atoms with Gasteiger partial charge in [0.1, 0.15) is 17.7 Å². The lowest BCUT2D eigenvalue weighted by Crippen LogP contribution is -1.94. The second-order valence-corrected chi connectivity index (χ2v) is 8.08. The second kappa shape index (κ2) is 5.61. The van der Waals surface area contributed by atoms with E-state index in [4.69, 9.17) is 10.5 Å². The SMILES string of the molecule is Cc1c(C)c(I)c2c(c1I)SC(=C(C#N)C#N)S2. The van der Waals surface area contributed by atoms with Crippen LogP contribution in [0.5, 0.6) is 0 Å². The highest BCUT2D eigenvalue weighted by molar-refractivity contribution is 14.1. The fraction of sp³-hybridized carbons (Fsp3) is 0.167. The number of rotatable bonds is 0. The van der Waals surface area contributed by atoms with Crippen LogP contribution < -0.4 is 0 Å². The molecule has 2 rings (SSSR count). The third-order valence-electron chi connectivity index (χ3n) is 2.64. The van der Waals surface area contributed by atoms with Gasteiger partial charge in [-0.3, -0.25) is 0 Å². The van der Waals surface area contributed by atoms with Gasteiger partial charge in [-0.15, -0.1) is 0 Å². The number of hydrogen-bond acceptors (Lipinski definition) is 4. The van der Waals surface area contributed by atoms with Gasteiger partial charge in [-0.2, -0.15) is 10.5 Å². The van der Waals surface area contributed by atoms with Crippen LogP contribution in [-0.2, 0) is 0 Å². The van der Waals surface area contributed by atoms with Crippen molar-refractivity contribution in [3.05, 3.63) is 28.1 Å². The fourth-order valence-electron chi connectivity index (χ4n) is 1.48. The topological polar surface area (TPSA) is 47.6 Å². The van der Waals surface area contributed by atoms with Gasteiger partial charge in [-0.05, 0) is 70.2 Å². The van der Waals surface area contributed by atoms with Crippen molar-refractivity contribution in [2.45, 2.75) is 23.6 Å². The Morgan fingerprint density at radius 1 is 0.944 bits per heavy atom. The first-order valence-electron chi connectivity index (χ1n) is 4.89. The number of halogens is 2. The summed E-state index contributed by atoms with van der Waals surface area (Å²) in [6.07, 6.45) is 0. The first-order valence-corrected chi connectivity index (χ1v) is 8.68. The maximum atomic E-state index is 8.95. The minimum absolute atomic E-state index is 0.211. The van der Waals surface area contributed by atoms with Crippen molar-refractivity contribution in [2.24, 2.45) is 0 Å². The fourth-order valence-corrected chi connectivity index (χ4v) is 6.40. The molecule has 90 valence electrons. The molecule has 1 aliphatic rings. The molecular formula is C12H6I2N2S2. The van der Waals surface area contributed by atoms with E-state index >= 15 is 0 Å². The Hall–Kier alpha value is 0.1000. The minimum Gasteiger partial charge on any atom is -0.192 e. The summed E-state index contributed by atoms with van der Waals surface area (Å²) in [5, 5.41) is 17.9. The van der Waals surface area contributed by atoms with E-state index in [9.17, 15) is 0 Å². The van der Waals surface area contributed by atoms with Crippen molar-refractivity contribution >= 4 is 68.7 Å². The Bertz CT molecular complexity index is 611. The van der Waals surface area contributed by atoms with Crippen LogP contribution in [0.2, 0.25) is 0 Å². The summed E-state index contributed by atoms with van der Waals surface area (Å²) in [7, 11) is 0. The third-order valence-corrected chi connectivity index (χ3v) is 8.71. The van der Waals surface area contributed by atoms with Gasteiger partial charge >= 0.3 is 0 Å². The minimum atomic E-state index is 0.211. The Morgan fingerprint density at radius 3 is 1.67 bits per heavy atom. The normalized spacial score (nSPS) is 12.9. The highest BCUT2D eigenvalue weighted by atomic mass is 127. The zero-order valence-corrected chi connectivity index (χ0v) is 15.4. The monoisotopic (exact) mass is 496 g/mol. The number of nitriles is 2. The molecule has 0 unspecified atom stereocenters. The molecule has 1 aliphatic heterocycles. The maximum Gasteiger partial charge on any atom is 0.150 e. The third kappa shape index (κ3) is 2.28. The van der Waals surface area contributed by atoms with Crippen LogP contribution in [0.15, 0.2) is 19.6 Å². The molecule has 0 radical (unpaired) electrons. The number of allylic oxidation sites excluding steroid dienone is 1. The zero-order chi connectivity index (χ0) is 13.4. The number of fused-ring (bicyclic) bond motifs is 1. The Balaban J connectivity index is 2.66. The van der Waals surface area contributed by atoms with E-state index < -0.39 is 0 Å². The summed E-state index contributed by atoms with van der Waals surface area (Å²) < 4.78 is 3.25. The lowest BCUT2D eigenvalue weighted by molar-refractivity contribution is 1.11. The molecule has 6 heteroatoms. The molecule has 0 bridgehead atoms. The van der Waals surface area contributed by atoms with Gasteiger partial charge in [0.25, 0.3) is 0 Å². The molecule has 0 saturated carbocycles. The zero-order valence-electron chi connectivity index (χ0n) is 9.47. The standard InChI is InChI=1S/C12H6I2N2S2/c1-5-6(2)9(14)11-10(8(5)13)17-12(18-11)7(3-15)4-16/h1-2H3. The van der Waals surface area contributed by atoms with E-state index in [1.54, 1.807) is 23.5 Å². The molecule has 0 aromatic heterocycles. The summed E-state index contributed by atoms with van der Waals surface area (Å²) in [5.41, 5.74) is 2.77. The highest BCUT2D eigenvalue weighted by Gasteiger charge is 2.28. The molecule has 0 fully saturated rings. The van der Waals surface area contributed by atoms with Crippen LogP contribution in [0.3, 0.4) is 0 Å². The molecule has 0 spiro atoms. The molecular weight excluding hydrogens is 490 g/mol. The molecule has 0 saturated heterocycles. The smallest absolute Gasteiger partial charge is 0.150 e. The van der Waals surface area contributed by atoms with Crippen LogP contribution in [0, 0.1) is 43.7 Å². The molecule has 1 heterocycles. The van der Waals surface area contributed by atoms with E-state index in [2.05, 4.69) is 59.0 Å². The molecule has 1 aromatic rings. The van der Waals surface area contributed by atoms with Crippen LogP contribution >= 0.6 is 68.7 Å². The van der Waals surface area contributed by atoms with Crippen molar-refractivity contribution < 1.29 is 0 Å². The Labute approximate surface area is 141 Å². The molecule has 1 aromatic carbocycles. The van der Waals surface area contributed by atoms with Gasteiger partial charge in [0.2, 0.25) is 0 Å². The van der Waals surface area contributed by atoms with E-state index in [1.165, 1.54) is 28.1 Å². The predicted molar refractivity (Wildman–Crippen MR) is 91.3 cm³/mol. The van der Waals surface area contributed by atoms with Gasteiger partial charge in [0.05, 0.1) is 4.24 Å². The van der Waals surface area contributed by atoms with Crippen LogP contribution in [0.1, 0.15) is 11.1 Å². The summed E-state index contributed by atoms with van der Waals surface area (Å²) in [4.78, 5) is 2.37. The summed E-state index contributed by atoms with van der Waals surface area (Å²) >= 11 is 7.77. The average molecular weight is 496 g/mol. The van der Waals surface area contributed by atoms with Crippen LogP contribution in [0.4, 0.5) is 0 Å². The first kappa shape index (κ1) is 14.5. The molecule has 0 atom stereocenters. The van der Waals surface area contributed by atoms with Gasteiger partial charge in [-0.1, -0.05) is 23.5 Å². The maximum absolute atomic E-state index is 8.95. The van der Waals surface area contributed by atoms with Crippen molar-refractivity contribution in [2.75, 3.05) is 0 Å². The Kier molecular flexibility index (Phi) is 4.52. The second-order valence-electron chi connectivity index (χ2n) is 3.63. The van der Waals surface area contributed by atoms with Gasteiger partial charge in [0, 0.05) is 16.9 Å². The van der Waals surface area contributed by atoms with Gasteiger partial charge in [0.15, 0.2) is 0 Å². The largest absolute Gasteiger partial charge is 0.192 e. The highest BCUT2D eigenvalue weighted by Crippen LogP contribution is 2.56. The lowest BCUT2D eigenvalue weighted by atomic mass is 10.1. The Morgan fingerprint density at radius 2 is 1.33 bits per heavy atom. The van der Waals surface area contributed by atoms with E-state index in [-0.39, 0.29) is 5.57 Å². The molecule has 2 nitrogen and oxygen atoms in total. The predicted octanol–water partition coefficient (Wildman–Crippen LogP) is 4.97. The molecule has 0 amide bonds. The summed E-state index contributed by atoms with van der Waals surface area (Å²) in [6.45, 7) is 4.23. The summed E-state index contributed by atoms with van der Waals surface area (Å²) in [5.74, 6) is 0. The molecule has 0 N–H and O–H groups in total. The van der Waals surface area contributed by atoms with Crippen molar-refractivity contribution in [1.82, 2.24) is 0 Å². The quantitative estimate of drug-likeness (QED) is 0.376. The van der Waals surface area contributed by atoms with Crippen LogP contribution in [-0.4, -0.2) is 0 Å². The molecule has 0 aliphatic carbocycles. The summed E-state index contributed by atoms with van der Waals surface area (Å²) in [6, 6.07) is 3.94. The number of hydrogen-bond donors (Lipinski definition) is 0.